The van der Waals surface area contributed by atoms with Crippen LogP contribution in [0.5, 0.6) is 0 Å². The van der Waals surface area contributed by atoms with Crippen molar-refractivity contribution < 1.29 is 14.7 Å². The number of hydrogen-bond donors (Lipinski definition) is 3. The van der Waals surface area contributed by atoms with E-state index in [2.05, 4.69) is 9.90 Å². The molecule has 1 unspecified atom stereocenters. The van der Waals surface area contributed by atoms with Crippen molar-refractivity contribution in [3.63, 3.8) is 0 Å². The van der Waals surface area contributed by atoms with Gasteiger partial charge in [0.2, 0.25) is 5.91 Å². The smallest absolute Gasteiger partial charge is 0.326 e. The Hall–Kier alpha value is -1.93. The first-order valence-electron chi connectivity index (χ1n) is 7.30. The lowest BCUT2D eigenvalue weighted by molar-refractivity contribution is -0.142. The van der Waals surface area contributed by atoms with Crippen LogP contribution in [0.25, 0.3) is 0 Å². The van der Waals surface area contributed by atoms with Gasteiger partial charge in [0.25, 0.3) is 0 Å². The lowest BCUT2D eigenvalue weighted by atomic mass is 10.0. The third-order valence-electron chi connectivity index (χ3n) is 3.35. The summed E-state index contributed by atoms with van der Waals surface area (Å²) < 4.78 is 2.69. The van der Waals surface area contributed by atoms with Crippen molar-refractivity contribution in [1.82, 2.24) is 5.32 Å². The van der Waals surface area contributed by atoms with E-state index in [4.69, 9.17) is 5.73 Å². The summed E-state index contributed by atoms with van der Waals surface area (Å²) in [4.78, 5) is 33.9. The number of carbonyl (C=O) groups excluding carboxylic acids is 1. The topological polar surface area (TPSA) is 122 Å². The molecule has 0 aromatic heterocycles. The molecule has 8 heteroatoms. The van der Waals surface area contributed by atoms with Crippen LogP contribution in [0.3, 0.4) is 0 Å². The molecule has 1 amide bonds. The maximum Gasteiger partial charge on any atom is 0.326 e. The van der Waals surface area contributed by atoms with Gasteiger partial charge in [-0.25, -0.2) is 4.79 Å². The summed E-state index contributed by atoms with van der Waals surface area (Å²) in [5.41, 5.74) is 6.26. The number of amides is 1. The standard InChI is InChI=1S/C15H21N3O4S/c16-8-4-7-12(10-23-18-22)14(19)17-13(15(20)21)9-11-5-2-1-3-6-11/h1-3,5-6,12-13H,4,7-10,16H2,(H,17,19)(H,20,21)/t12?,13-/m0/s1. The van der Waals surface area contributed by atoms with Crippen molar-refractivity contribution in [1.29, 1.82) is 0 Å². The van der Waals surface area contributed by atoms with Crippen LogP contribution in [0, 0.1) is 10.8 Å². The highest BCUT2D eigenvalue weighted by atomic mass is 32.2. The van der Waals surface area contributed by atoms with Crippen molar-refractivity contribution in [2.45, 2.75) is 25.3 Å². The number of nitrogens with one attached hydrogen (secondary N) is 1. The first-order valence-corrected chi connectivity index (χ1v) is 8.24. The lowest BCUT2D eigenvalue weighted by Crippen LogP contribution is -2.45. The number of aliphatic carboxylic acids is 1. The normalized spacial score (nSPS) is 13.1. The zero-order valence-corrected chi connectivity index (χ0v) is 13.5. The van der Waals surface area contributed by atoms with Gasteiger partial charge >= 0.3 is 5.97 Å². The van der Waals surface area contributed by atoms with Crippen LogP contribution in [0.4, 0.5) is 0 Å². The molecule has 126 valence electrons. The number of rotatable bonds is 11. The molecule has 0 saturated heterocycles. The van der Waals surface area contributed by atoms with E-state index < -0.39 is 23.8 Å². The molecular weight excluding hydrogens is 318 g/mol. The predicted octanol–water partition coefficient (Wildman–Crippen LogP) is 1.57. The number of nitrogens with two attached hydrogens (primary N) is 1. The fraction of sp³-hybridized carbons (Fsp3) is 0.467. The number of benzene rings is 1. The number of carboxylic acid groups (broad SMARTS) is 1. The van der Waals surface area contributed by atoms with Crippen molar-refractivity contribution in [2.24, 2.45) is 16.2 Å². The second-order valence-electron chi connectivity index (χ2n) is 5.09. The van der Waals surface area contributed by atoms with Crippen LogP contribution in [0.15, 0.2) is 34.9 Å². The molecule has 1 rings (SSSR count). The minimum absolute atomic E-state index is 0.199. The Morgan fingerprint density at radius 1 is 1.30 bits per heavy atom. The molecule has 0 bridgehead atoms. The van der Waals surface area contributed by atoms with Gasteiger partial charge in [0, 0.05) is 34.6 Å². The van der Waals surface area contributed by atoms with E-state index >= 15 is 0 Å². The molecule has 4 N–H and O–H groups in total. The molecular formula is C15H21N3O4S. The zero-order chi connectivity index (χ0) is 17.1. The minimum Gasteiger partial charge on any atom is -0.480 e. The third-order valence-corrected chi connectivity index (χ3v) is 4.01. The van der Waals surface area contributed by atoms with Crippen LogP contribution >= 0.6 is 11.9 Å². The molecule has 0 heterocycles. The van der Waals surface area contributed by atoms with E-state index in [9.17, 15) is 19.6 Å². The van der Waals surface area contributed by atoms with Gasteiger partial charge in [-0.05, 0) is 24.9 Å². The van der Waals surface area contributed by atoms with E-state index in [-0.39, 0.29) is 12.2 Å². The van der Waals surface area contributed by atoms with Gasteiger partial charge in [0.1, 0.15) is 6.04 Å². The van der Waals surface area contributed by atoms with Crippen LogP contribution in [-0.2, 0) is 16.0 Å². The highest BCUT2D eigenvalue weighted by molar-refractivity contribution is 7.97. The highest BCUT2D eigenvalue weighted by Crippen LogP contribution is 2.15. The molecule has 0 aliphatic heterocycles. The lowest BCUT2D eigenvalue weighted by Gasteiger charge is -2.19. The molecule has 0 aliphatic rings. The zero-order valence-electron chi connectivity index (χ0n) is 12.7. The summed E-state index contributed by atoms with van der Waals surface area (Å²) in [5.74, 6) is -1.76. The molecule has 0 fully saturated rings. The maximum absolute atomic E-state index is 12.3. The Morgan fingerprint density at radius 3 is 2.57 bits per heavy atom. The first-order chi connectivity index (χ1) is 11.1. The van der Waals surface area contributed by atoms with Gasteiger partial charge in [-0.15, -0.1) is 4.91 Å². The molecule has 23 heavy (non-hydrogen) atoms. The second kappa shape index (κ2) is 10.7. The maximum atomic E-state index is 12.3. The molecule has 0 radical (unpaired) electrons. The Bertz CT molecular complexity index is 513. The average molecular weight is 339 g/mol. The van der Waals surface area contributed by atoms with Crippen LogP contribution in [0.2, 0.25) is 0 Å². The summed E-state index contributed by atoms with van der Waals surface area (Å²) in [6.07, 6.45) is 1.31. The second-order valence-corrected chi connectivity index (χ2v) is 5.83. The van der Waals surface area contributed by atoms with E-state index in [1.165, 1.54) is 0 Å². The first kappa shape index (κ1) is 19.1. The summed E-state index contributed by atoms with van der Waals surface area (Å²) >= 11 is 0.755. The number of hydrogen-bond acceptors (Lipinski definition) is 6. The summed E-state index contributed by atoms with van der Waals surface area (Å²) in [6, 6.07) is 8.06. The SMILES string of the molecule is NCCCC(CSN=O)C(=O)N[C@@H](Cc1ccccc1)C(=O)O. The predicted molar refractivity (Wildman–Crippen MR) is 89.7 cm³/mol. The number of carboxylic acids is 1. The van der Waals surface area contributed by atoms with Gasteiger partial charge in [0.05, 0.1) is 0 Å². The quantitative estimate of drug-likeness (QED) is 0.415. The minimum atomic E-state index is -1.10. The van der Waals surface area contributed by atoms with E-state index in [0.29, 0.717) is 19.4 Å². The molecule has 0 saturated carbocycles. The molecule has 0 aliphatic carbocycles. The number of nitroso groups, excluding NO2 is 1. The molecule has 1 aromatic rings. The molecule has 1 aromatic carbocycles. The van der Waals surface area contributed by atoms with Crippen LogP contribution < -0.4 is 11.1 Å². The Labute approximate surface area is 139 Å². The van der Waals surface area contributed by atoms with Crippen molar-refractivity contribution in [3.05, 3.63) is 40.8 Å². The third kappa shape index (κ3) is 7.25. The fourth-order valence-electron chi connectivity index (χ4n) is 2.11. The molecule has 2 atom stereocenters. The van der Waals surface area contributed by atoms with Gasteiger partial charge in [-0.3, -0.25) is 4.79 Å². The van der Waals surface area contributed by atoms with Crippen molar-refractivity contribution in [3.8, 4) is 0 Å². The van der Waals surface area contributed by atoms with E-state index in [1.807, 2.05) is 18.2 Å². The van der Waals surface area contributed by atoms with Crippen LogP contribution in [0.1, 0.15) is 18.4 Å². The van der Waals surface area contributed by atoms with Gasteiger partial charge < -0.3 is 16.2 Å². The van der Waals surface area contributed by atoms with E-state index in [1.54, 1.807) is 12.1 Å². The Balaban J connectivity index is 2.69. The van der Waals surface area contributed by atoms with E-state index in [0.717, 1.165) is 17.5 Å². The van der Waals surface area contributed by atoms with Gasteiger partial charge in [-0.2, -0.15) is 0 Å². The average Bonchev–Trinajstić information content (AvgIpc) is 2.55. The molecule has 0 spiro atoms. The van der Waals surface area contributed by atoms with Crippen molar-refractivity contribution in [2.75, 3.05) is 12.3 Å². The monoisotopic (exact) mass is 339 g/mol. The van der Waals surface area contributed by atoms with Gasteiger partial charge in [0.15, 0.2) is 0 Å². The highest BCUT2D eigenvalue weighted by Gasteiger charge is 2.25. The molecule has 7 nitrogen and oxygen atoms in total. The summed E-state index contributed by atoms with van der Waals surface area (Å²) in [6.45, 7) is 0.426. The largest absolute Gasteiger partial charge is 0.480 e. The Morgan fingerprint density at radius 2 is 2.00 bits per heavy atom. The van der Waals surface area contributed by atoms with Crippen molar-refractivity contribution >= 4 is 23.8 Å². The fourth-order valence-corrected chi connectivity index (χ4v) is 2.67. The Kier molecular flexibility index (Phi) is 8.93. The number of carbonyl (C=O) groups is 2. The number of nitrogens with zero attached hydrogens (tertiary/aromatic N) is 1. The van der Waals surface area contributed by atoms with Crippen LogP contribution in [-0.4, -0.2) is 35.3 Å². The van der Waals surface area contributed by atoms with Gasteiger partial charge in [-0.1, -0.05) is 30.3 Å². The summed E-state index contributed by atoms with van der Waals surface area (Å²) in [7, 11) is 0. The summed E-state index contributed by atoms with van der Waals surface area (Å²) in [5, 5.41) is 11.9.